The van der Waals surface area contributed by atoms with Crippen LogP contribution < -0.4 is 10.1 Å². The molecule has 1 spiro atoms. The molecule has 0 amide bonds. The second-order valence-electron chi connectivity index (χ2n) is 6.68. The topological polar surface area (TPSA) is 21.3 Å². The highest BCUT2D eigenvalue weighted by molar-refractivity contribution is 5.29. The normalized spacial score (nSPS) is 26.0. The van der Waals surface area contributed by atoms with Crippen LogP contribution in [0.1, 0.15) is 63.5 Å². The Labute approximate surface area is 122 Å². The van der Waals surface area contributed by atoms with E-state index in [9.17, 15) is 0 Å². The molecule has 0 saturated heterocycles. The molecular weight excluding hydrogens is 246 g/mol. The summed E-state index contributed by atoms with van der Waals surface area (Å²) in [5.74, 6) is 0.938. The number of ether oxygens (including phenoxy) is 1. The molecule has 0 aliphatic heterocycles. The van der Waals surface area contributed by atoms with Gasteiger partial charge < -0.3 is 10.1 Å². The summed E-state index contributed by atoms with van der Waals surface area (Å²) in [6.45, 7) is 2.29. The first-order chi connectivity index (χ1) is 9.73. The number of nitrogens with one attached hydrogen (secondary N) is 1. The Kier molecular flexibility index (Phi) is 4.02. The van der Waals surface area contributed by atoms with E-state index in [0.29, 0.717) is 11.5 Å². The molecule has 2 aliphatic carbocycles. The van der Waals surface area contributed by atoms with Crippen molar-refractivity contribution in [3.05, 3.63) is 29.8 Å². The van der Waals surface area contributed by atoms with Gasteiger partial charge in [0.25, 0.3) is 0 Å². The van der Waals surface area contributed by atoms with Crippen LogP contribution >= 0.6 is 0 Å². The lowest BCUT2D eigenvalue weighted by Gasteiger charge is -2.53. The van der Waals surface area contributed by atoms with Gasteiger partial charge in [-0.05, 0) is 55.7 Å². The van der Waals surface area contributed by atoms with Gasteiger partial charge in [0.05, 0.1) is 7.11 Å². The van der Waals surface area contributed by atoms with E-state index in [2.05, 4.69) is 36.5 Å². The van der Waals surface area contributed by atoms with Gasteiger partial charge in [-0.15, -0.1) is 0 Å². The van der Waals surface area contributed by atoms with Crippen LogP contribution in [0.15, 0.2) is 24.3 Å². The molecule has 1 unspecified atom stereocenters. The van der Waals surface area contributed by atoms with Crippen molar-refractivity contribution in [3.63, 3.8) is 0 Å². The fraction of sp³-hybridized carbons (Fsp3) is 0.667. The van der Waals surface area contributed by atoms with Crippen LogP contribution in [0.4, 0.5) is 0 Å². The quantitative estimate of drug-likeness (QED) is 0.874. The molecule has 2 saturated carbocycles. The number of methoxy groups -OCH3 is 1. The minimum atomic E-state index is 0.435. The molecule has 1 aromatic rings. The second-order valence-corrected chi connectivity index (χ2v) is 6.68. The monoisotopic (exact) mass is 273 g/mol. The first-order valence-electron chi connectivity index (χ1n) is 8.13. The third-order valence-corrected chi connectivity index (χ3v) is 5.59. The SMILES string of the molecule is COc1ccc([C@@H](C)NC2CCC23CCCCC3)cc1. The molecule has 2 atom stereocenters. The molecule has 2 nitrogen and oxygen atoms in total. The predicted molar refractivity (Wildman–Crippen MR) is 83.1 cm³/mol. The summed E-state index contributed by atoms with van der Waals surface area (Å²) in [5.41, 5.74) is 2.00. The molecule has 20 heavy (non-hydrogen) atoms. The summed E-state index contributed by atoms with van der Waals surface area (Å²) in [7, 11) is 1.72. The first kappa shape index (κ1) is 13.9. The van der Waals surface area contributed by atoms with Crippen molar-refractivity contribution < 1.29 is 4.74 Å². The van der Waals surface area contributed by atoms with Crippen LogP contribution in [-0.2, 0) is 0 Å². The van der Waals surface area contributed by atoms with Gasteiger partial charge in [-0.2, -0.15) is 0 Å². The highest BCUT2D eigenvalue weighted by Crippen LogP contribution is 2.52. The van der Waals surface area contributed by atoms with Crippen LogP contribution in [0.25, 0.3) is 0 Å². The largest absolute Gasteiger partial charge is 0.497 e. The van der Waals surface area contributed by atoms with Gasteiger partial charge >= 0.3 is 0 Å². The predicted octanol–water partition coefficient (Wildman–Crippen LogP) is 4.46. The van der Waals surface area contributed by atoms with Crippen LogP contribution in [0, 0.1) is 5.41 Å². The lowest BCUT2D eigenvalue weighted by atomic mass is 9.57. The Morgan fingerprint density at radius 2 is 1.80 bits per heavy atom. The Bertz CT molecular complexity index is 433. The number of hydrogen-bond acceptors (Lipinski definition) is 2. The van der Waals surface area contributed by atoms with Crippen LogP contribution in [-0.4, -0.2) is 13.2 Å². The minimum Gasteiger partial charge on any atom is -0.497 e. The van der Waals surface area contributed by atoms with Crippen molar-refractivity contribution in [1.29, 1.82) is 0 Å². The van der Waals surface area contributed by atoms with E-state index >= 15 is 0 Å². The third kappa shape index (κ3) is 2.58. The fourth-order valence-corrected chi connectivity index (χ4v) is 4.10. The summed E-state index contributed by atoms with van der Waals surface area (Å²) >= 11 is 0. The van der Waals surface area contributed by atoms with E-state index in [4.69, 9.17) is 4.74 Å². The highest BCUT2D eigenvalue weighted by Gasteiger charge is 2.46. The average Bonchev–Trinajstić information content (AvgIpc) is 2.52. The van der Waals surface area contributed by atoms with Crippen molar-refractivity contribution in [2.75, 3.05) is 7.11 Å². The zero-order valence-corrected chi connectivity index (χ0v) is 12.8. The van der Waals surface area contributed by atoms with Crippen molar-refractivity contribution in [2.24, 2.45) is 5.41 Å². The number of benzene rings is 1. The van der Waals surface area contributed by atoms with Gasteiger partial charge in [-0.25, -0.2) is 0 Å². The summed E-state index contributed by atoms with van der Waals surface area (Å²) in [6, 6.07) is 9.66. The molecule has 0 bridgehead atoms. The van der Waals surface area contributed by atoms with E-state index in [-0.39, 0.29) is 0 Å². The number of hydrogen-bond donors (Lipinski definition) is 1. The van der Waals surface area contributed by atoms with E-state index < -0.39 is 0 Å². The van der Waals surface area contributed by atoms with E-state index in [1.165, 1.54) is 50.5 Å². The van der Waals surface area contributed by atoms with Gasteiger partial charge in [-0.3, -0.25) is 0 Å². The molecular formula is C18H27NO. The first-order valence-corrected chi connectivity index (χ1v) is 8.13. The van der Waals surface area contributed by atoms with E-state index in [0.717, 1.165) is 11.8 Å². The van der Waals surface area contributed by atoms with Gasteiger partial charge in [0, 0.05) is 12.1 Å². The standard InChI is InChI=1S/C18H27NO/c1-14(15-6-8-16(20-2)9-7-15)19-17-10-13-18(17)11-4-3-5-12-18/h6-9,14,17,19H,3-5,10-13H2,1-2H3/t14-,17?/m1/s1. The number of rotatable bonds is 4. The lowest BCUT2D eigenvalue weighted by molar-refractivity contribution is 0.0174. The van der Waals surface area contributed by atoms with Crippen molar-refractivity contribution in [1.82, 2.24) is 5.32 Å². The zero-order valence-electron chi connectivity index (χ0n) is 12.8. The van der Waals surface area contributed by atoms with Gasteiger partial charge in [0.1, 0.15) is 5.75 Å². The third-order valence-electron chi connectivity index (χ3n) is 5.59. The molecule has 3 rings (SSSR count). The lowest BCUT2D eigenvalue weighted by Crippen LogP contribution is -2.54. The Morgan fingerprint density at radius 1 is 1.10 bits per heavy atom. The van der Waals surface area contributed by atoms with Crippen LogP contribution in [0.2, 0.25) is 0 Å². The minimum absolute atomic E-state index is 0.435. The molecule has 2 fully saturated rings. The second kappa shape index (κ2) is 5.77. The maximum absolute atomic E-state index is 5.23. The molecule has 0 heterocycles. The maximum Gasteiger partial charge on any atom is 0.118 e. The molecule has 1 aromatic carbocycles. The Balaban J connectivity index is 1.62. The molecule has 0 radical (unpaired) electrons. The van der Waals surface area contributed by atoms with E-state index in [1.807, 2.05) is 0 Å². The van der Waals surface area contributed by atoms with E-state index in [1.54, 1.807) is 7.11 Å². The van der Waals surface area contributed by atoms with Gasteiger partial charge in [0.15, 0.2) is 0 Å². The fourth-order valence-electron chi connectivity index (χ4n) is 4.10. The van der Waals surface area contributed by atoms with Crippen molar-refractivity contribution in [3.8, 4) is 5.75 Å². The molecule has 2 aliphatic rings. The molecule has 2 heteroatoms. The Hall–Kier alpha value is -1.02. The summed E-state index contributed by atoms with van der Waals surface area (Å²) in [4.78, 5) is 0. The van der Waals surface area contributed by atoms with Crippen LogP contribution in [0.5, 0.6) is 5.75 Å². The van der Waals surface area contributed by atoms with Gasteiger partial charge in [0.2, 0.25) is 0 Å². The molecule has 1 N–H and O–H groups in total. The molecule has 0 aromatic heterocycles. The summed E-state index contributed by atoms with van der Waals surface area (Å²) in [6.07, 6.45) is 10.0. The van der Waals surface area contributed by atoms with Crippen molar-refractivity contribution in [2.45, 2.75) is 64.0 Å². The summed E-state index contributed by atoms with van der Waals surface area (Å²) < 4.78 is 5.23. The Morgan fingerprint density at radius 3 is 2.35 bits per heavy atom. The van der Waals surface area contributed by atoms with Crippen molar-refractivity contribution >= 4 is 0 Å². The van der Waals surface area contributed by atoms with Crippen LogP contribution in [0.3, 0.4) is 0 Å². The average molecular weight is 273 g/mol. The summed E-state index contributed by atoms with van der Waals surface area (Å²) in [5, 5.41) is 3.89. The maximum atomic E-state index is 5.23. The molecule has 110 valence electrons. The smallest absolute Gasteiger partial charge is 0.118 e. The highest BCUT2D eigenvalue weighted by atomic mass is 16.5. The van der Waals surface area contributed by atoms with Gasteiger partial charge in [-0.1, -0.05) is 31.4 Å². The zero-order chi connectivity index (χ0) is 14.0.